The monoisotopic (exact) mass is 475 g/mol. The lowest BCUT2D eigenvalue weighted by atomic mass is 10.1. The Morgan fingerprint density at radius 2 is 1.86 bits per heavy atom. The SMILES string of the molecule is COC(=O)c1ccc(CNc2cc(Br)ccc2Br)c(Br)c1. The Hall–Kier alpha value is -0.850. The van der Waals surface area contributed by atoms with E-state index in [1.807, 2.05) is 24.3 Å². The molecular weight excluding hydrogens is 466 g/mol. The Labute approximate surface area is 148 Å². The molecule has 2 aromatic rings. The summed E-state index contributed by atoms with van der Waals surface area (Å²) in [6, 6.07) is 11.4. The molecule has 1 N–H and O–H groups in total. The van der Waals surface area contributed by atoms with Gasteiger partial charge in [0.1, 0.15) is 0 Å². The molecule has 2 rings (SSSR count). The van der Waals surface area contributed by atoms with E-state index >= 15 is 0 Å². The van der Waals surface area contributed by atoms with Crippen molar-refractivity contribution in [2.24, 2.45) is 0 Å². The summed E-state index contributed by atoms with van der Waals surface area (Å²) < 4.78 is 7.57. The molecule has 2 aromatic carbocycles. The van der Waals surface area contributed by atoms with Crippen LogP contribution in [0.2, 0.25) is 0 Å². The van der Waals surface area contributed by atoms with Gasteiger partial charge in [0.25, 0.3) is 0 Å². The number of anilines is 1. The predicted molar refractivity (Wildman–Crippen MR) is 94.7 cm³/mol. The van der Waals surface area contributed by atoms with Crippen LogP contribution < -0.4 is 5.32 Å². The first-order valence-corrected chi connectivity index (χ1v) is 8.45. The molecule has 21 heavy (non-hydrogen) atoms. The van der Waals surface area contributed by atoms with Gasteiger partial charge in [-0.05, 0) is 51.8 Å². The van der Waals surface area contributed by atoms with Crippen molar-refractivity contribution in [1.82, 2.24) is 0 Å². The third-order valence-electron chi connectivity index (χ3n) is 2.87. The van der Waals surface area contributed by atoms with Gasteiger partial charge < -0.3 is 10.1 Å². The molecule has 0 aliphatic heterocycles. The van der Waals surface area contributed by atoms with Gasteiger partial charge in [-0.1, -0.05) is 37.9 Å². The van der Waals surface area contributed by atoms with E-state index in [2.05, 4.69) is 53.1 Å². The molecule has 0 saturated carbocycles. The van der Waals surface area contributed by atoms with Crippen LogP contribution in [0.1, 0.15) is 15.9 Å². The summed E-state index contributed by atoms with van der Waals surface area (Å²) in [6.45, 7) is 0.636. The number of benzene rings is 2. The third kappa shape index (κ3) is 4.31. The third-order valence-corrected chi connectivity index (χ3v) is 4.79. The molecule has 0 saturated heterocycles. The molecule has 110 valence electrons. The van der Waals surface area contributed by atoms with Gasteiger partial charge in [0.2, 0.25) is 0 Å². The van der Waals surface area contributed by atoms with Gasteiger partial charge in [-0.2, -0.15) is 0 Å². The van der Waals surface area contributed by atoms with E-state index in [1.54, 1.807) is 12.1 Å². The molecule has 0 aliphatic carbocycles. The average Bonchev–Trinajstić information content (AvgIpc) is 2.48. The van der Waals surface area contributed by atoms with Crippen LogP contribution in [0.25, 0.3) is 0 Å². The van der Waals surface area contributed by atoms with Crippen LogP contribution in [0, 0.1) is 0 Å². The van der Waals surface area contributed by atoms with Gasteiger partial charge in [-0.3, -0.25) is 0 Å². The van der Waals surface area contributed by atoms with Crippen molar-refractivity contribution >= 4 is 59.4 Å². The second-order valence-electron chi connectivity index (χ2n) is 4.28. The number of esters is 1. The van der Waals surface area contributed by atoms with Crippen LogP contribution in [-0.4, -0.2) is 13.1 Å². The lowest BCUT2D eigenvalue weighted by Crippen LogP contribution is -2.04. The number of methoxy groups -OCH3 is 1. The van der Waals surface area contributed by atoms with Gasteiger partial charge in [0.15, 0.2) is 0 Å². The van der Waals surface area contributed by atoms with Gasteiger partial charge in [-0.15, -0.1) is 0 Å². The molecule has 0 atom stereocenters. The molecule has 0 spiro atoms. The van der Waals surface area contributed by atoms with E-state index in [9.17, 15) is 4.79 Å². The quantitative estimate of drug-likeness (QED) is 0.601. The predicted octanol–water partition coefficient (Wildman–Crippen LogP) is 5.37. The summed E-state index contributed by atoms with van der Waals surface area (Å²) in [4.78, 5) is 11.5. The Morgan fingerprint density at radius 1 is 1.10 bits per heavy atom. The summed E-state index contributed by atoms with van der Waals surface area (Å²) in [5, 5.41) is 3.35. The number of carbonyl (C=O) groups is 1. The Balaban J connectivity index is 2.13. The van der Waals surface area contributed by atoms with Crippen molar-refractivity contribution in [2.75, 3.05) is 12.4 Å². The fourth-order valence-corrected chi connectivity index (χ4v) is 3.03. The van der Waals surface area contributed by atoms with Crippen molar-refractivity contribution in [2.45, 2.75) is 6.54 Å². The Bertz CT molecular complexity index is 674. The fraction of sp³-hybridized carbons (Fsp3) is 0.133. The van der Waals surface area contributed by atoms with Crippen LogP contribution in [0.15, 0.2) is 49.8 Å². The standard InChI is InChI=1S/C15H12Br3NO2/c1-21-15(20)9-2-3-10(13(18)6-9)8-19-14-7-11(16)4-5-12(14)17/h2-7,19H,8H2,1H3. The molecule has 0 aliphatic rings. The van der Waals surface area contributed by atoms with Crippen LogP contribution in [0.4, 0.5) is 5.69 Å². The fourth-order valence-electron chi connectivity index (χ4n) is 1.76. The zero-order chi connectivity index (χ0) is 15.4. The normalized spacial score (nSPS) is 10.3. The lowest BCUT2D eigenvalue weighted by Gasteiger charge is -2.11. The number of halogens is 3. The van der Waals surface area contributed by atoms with E-state index in [-0.39, 0.29) is 5.97 Å². The second kappa shape index (κ2) is 7.42. The topological polar surface area (TPSA) is 38.3 Å². The van der Waals surface area contributed by atoms with E-state index in [0.717, 1.165) is 24.7 Å². The number of rotatable bonds is 4. The summed E-state index contributed by atoms with van der Waals surface area (Å²) >= 11 is 10.4. The first-order chi connectivity index (χ1) is 10.0. The van der Waals surface area contributed by atoms with E-state index in [1.165, 1.54) is 7.11 Å². The van der Waals surface area contributed by atoms with Crippen LogP contribution in [0.3, 0.4) is 0 Å². The molecule has 0 unspecified atom stereocenters. The summed E-state index contributed by atoms with van der Waals surface area (Å²) in [6.07, 6.45) is 0. The van der Waals surface area contributed by atoms with Crippen LogP contribution in [0.5, 0.6) is 0 Å². The molecule has 0 aromatic heterocycles. The number of hydrogen-bond donors (Lipinski definition) is 1. The van der Waals surface area contributed by atoms with Crippen molar-refractivity contribution in [3.8, 4) is 0 Å². The Morgan fingerprint density at radius 3 is 2.52 bits per heavy atom. The first-order valence-electron chi connectivity index (χ1n) is 6.07. The van der Waals surface area contributed by atoms with Gasteiger partial charge in [0.05, 0.1) is 12.7 Å². The summed E-state index contributed by atoms with van der Waals surface area (Å²) in [5.74, 6) is -0.343. The van der Waals surface area contributed by atoms with E-state index in [0.29, 0.717) is 12.1 Å². The molecule has 0 bridgehead atoms. The maximum absolute atomic E-state index is 11.5. The zero-order valence-corrected chi connectivity index (χ0v) is 15.9. The van der Waals surface area contributed by atoms with Crippen molar-refractivity contribution in [1.29, 1.82) is 0 Å². The molecule has 0 heterocycles. The molecular formula is C15H12Br3NO2. The molecule has 0 radical (unpaired) electrons. The molecule has 6 heteroatoms. The highest BCUT2D eigenvalue weighted by Crippen LogP contribution is 2.27. The van der Waals surface area contributed by atoms with Gasteiger partial charge in [0, 0.05) is 25.7 Å². The maximum Gasteiger partial charge on any atom is 0.337 e. The van der Waals surface area contributed by atoms with Gasteiger partial charge >= 0.3 is 5.97 Å². The number of hydrogen-bond acceptors (Lipinski definition) is 3. The summed E-state index contributed by atoms with van der Waals surface area (Å²) in [7, 11) is 1.37. The molecule has 0 fully saturated rings. The summed E-state index contributed by atoms with van der Waals surface area (Å²) in [5.41, 5.74) is 2.57. The number of carbonyl (C=O) groups excluding carboxylic acids is 1. The highest BCUT2D eigenvalue weighted by atomic mass is 79.9. The Kier molecular flexibility index (Phi) is 5.84. The maximum atomic E-state index is 11.5. The van der Waals surface area contributed by atoms with Crippen LogP contribution >= 0.6 is 47.8 Å². The van der Waals surface area contributed by atoms with E-state index in [4.69, 9.17) is 4.74 Å². The van der Waals surface area contributed by atoms with Crippen molar-refractivity contribution in [3.63, 3.8) is 0 Å². The number of nitrogens with one attached hydrogen (secondary N) is 1. The first kappa shape index (κ1) is 16.5. The molecule has 3 nitrogen and oxygen atoms in total. The number of ether oxygens (including phenoxy) is 1. The van der Waals surface area contributed by atoms with E-state index < -0.39 is 0 Å². The average molecular weight is 478 g/mol. The highest BCUT2D eigenvalue weighted by Gasteiger charge is 2.09. The minimum atomic E-state index is -0.343. The van der Waals surface area contributed by atoms with Crippen molar-refractivity contribution in [3.05, 3.63) is 60.9 Å². The lowest BCUT2D eigenvalue weighted by molar-refractivity contribution is 0.0600. The minimum Gasteiger partial charge on any atom is -0.465 e. The smallest absolute Gasteiger partial charge is 0.337 e. The van der Waals surface area contributed by atoms with Crippen molar-refractivity contribution < 1.29 is 9.53 Å². The van der Waals surface area contributed by atoms with Gasteiger partial charge in [-0.25, -0.2) is 4.79 Å². The largest absolute Gasteiger partial charge is 0.465 e. The highest BCUT2D eigenvalue weighted by molar-refractivity contribution is 9.11. The van der Waals surface area contributed by atoms with Crippen LogP contribution in [-0.2, 0) is 11.3 Å². The molecule has 0 amide bonds. The minimum absolute atomic E-state index is 0.343. The second-order valence-corrected chi connectivity index (χ2v) is 6.90. The zero-order valence-electron chi connectivity index (χ0n) is 11.1.